The zero-order valence-corrected chi connectivity index (χ0v) is 29.2. The summed E-state index contributed by atoms with van der Waals surface area (Å²) in [7, 11) is 0. The number of hydrogen-bond acceptors (Lipinski definition) is 10. The Morgan fingerprint density at radius 1 is 0.906 bits per heavy atom. The number of amides is 1. The summed E-state index contributed by atoms with van der Waals surface area (Å²) in [5.74, 6) is -1.94. The molecule has 0 saturated heterocycles. The third-order valence-corrected chi connectivity index (χ3v) is 8.85. The van der Waals surface area contributed by atoms with Crippen LogP contribution in [0.3, 0.4) is 0 Å². The van der Waals surface area contributed by atoms with Crippen molar-refractivity contribution in [2.45, 2.75) is 76.5 Å². The second-order valence-corrected chi connectivity index (χ2v) is 12.4. The van der Waals surface area contributed by atoms with E-state index in [1.54, 1.807) is 17.8 Å². The van der Waals surface area contributed by atoms with Crippen LogP contribution in [0.5, 0.6) is 0 Å². The molecule has 282 valence electrons. The number of benzene rings is 2. The van der Waals surface area contributed by atoms with Gasteiger partial charge in [-0.25, -0.2) is 14.8 Å². The summed E-state index contributed by atoms with van der Waals surface area (Å²) in [6.07, 6.45) is 0.267. The lowest BCUT2D eigenvalue weighted by atomic mass is 9.98. The van der Waals surface area contributed by atoms with Crippen molar-refractivity contribution in [1.82, 2.24) is 34.4 Å². The molecule has 1 aliphatic rings. The lowest BCUT2D eigenvalue weighted by molar-refractivity contribution is -0.192. The molecule has 53 heavy (non-hydrogen) atoms. The van der Waals surface area contributed by atoms with Crippen molar-refractivity contribution < 1.29 is 38.1 Å². The number of carboxylic acid groups (broad SMARTS) is 1. The number of fused-ring (bicyclic) bond motifs is 1. The first-order valence-corrected chi connectivity index (χ1v) is 17.2. The van der Waals surface area contributed by atoms with E-state index >= 15 is 0 Å². The molecule has 3 aromatic heterocycles. The summed E-state index contributed by atoms with van der Waals surface area (Å²) in [5, 5.41) is 38.6. The lowest BCUT2D eigenvalue weighted by Crippen LogP contribution is -2.42. The van der Waals surface area contributed by atoms with Crippen molar-refractivity contribution in [3.8, 4) is 11.1 Å². The van der Waals surface area contributed by atoms with Crippen LogP contribution in [0.1, 0.15) is 44.0 Å². The molecule has 4 atom stereocenters. The van der Waals surface area contributed by atoms with Crippen molar-refractivity contribution >= 4 is 34.8 Å². The monoisotopic (exact) mass is 737 g/mol. The second-order valence-electron chi connectivity index (χ2n) is 12.4. The molecule has 6 rings (SSSR count). The fourth-order valence-corrected chi connectivity index (χ4v) is 6.06. The number of imidazole rings is 2. The number of alkyl halides is 3. The number of carboxylic acids is 1. The van der Waals surface area contributed by atoms with Gasteiger partial charge in [0.25, 0.3) is 0 Å². The quantitative estimate of drug-likeness (QED) is 0.101. The molecule has 6 N–H and O–H groups in total. The summed E-state index contributed by atoms with van der Waals surface area (Å²) >= 11 is 0. The first-order chi connectivity index (χ1) is 25.4. The van der Waals surface area contributed by atoms with Gasteiger partial charge >= 0.3 is 12.1 Å². The molecule has 0 bridgehead atoms. The first kappa shape index (κ1) is 38.7. The predicted molar refractivity (Wildman–Crippen MR) is 191 cm³/mol. The van der Waals surface area contributed by atoms with E-state index < -0.39 is 36.4 Å². The Morgan fingerprint density at radius 3 is 2.28 bits per heavy atom. The zero-order valence-electron chi connectivity index (χ0n) is 29.2. The third-order valence-electron chi connectivity index (χ3n) is 8.85. The Morgan fingerprint density at radius 2 is 1.60 bits per heavy atom. The summed E-state index contributed by atoms with van der Waals surface area (Å²) in [5.41, 5.74) is 5.63. The van der Waals surface area contributed by atoms with E-state index in [0.29, 0.717) is 55.3 Å². The highest BCUT2D eigenvalue weighted by Gasteiger charge is 2.44. The van der Waals surface area contributed by atoms with E-state index in [9.17, 15) is 28.2 Å². The second kappa shape index (κ2) is 17.3. The number of aliphatic carboxylic acids is 1. The van der Waals surface area contributed by atoms with Gasteiger partial charge in [-0.05, 0) is 36.5 Å². The van der Waals surface area contributed by atoms with Crippen LogP contribution in [-0.4, -0.2) is 93.8 Å². The van der Waals surface area contributed by atoms with Gasteiger partial charge in [0.05, 0.1) is 30.4 Å². The number of aliphatic hydroxyl groups is 2. The van der Waals surface area contributed by atoms with Crippen LogP contribution < -0.4 is 16.0 Å². The van der Waals surface area contributed by atoms with Gasteiger partial charge < -0.3 is 40.4 Å². The topological polar surface area (TPSA) is 192 Å². The molecule has 0 spiro atoms. The van der Waals surface area contributed by atoms with Crippen LogP contribution in [0.15, 0.2) is 73.4 Å². The molecule has 14 nitrogen and oxygen atoms in total. The molecular weight excluding hydrogens is 695 g/mol. The van der Waals surface area contributed by atoms with Gasteiger partial charge in [0.2, 0.25) is 11.9 Å². The molecule has 1 aliphatic carbocycles. The number of nitrogens with zero attached hydrogens (tertiary/aromatic N) is 6. The van der Waals surface area contributed by atoms with Gasteiger partial charge in [-0.15, -0.1) is 0 Å². The van der Waals surface area contributed by atoms with E-state index in [2.05, 4.69) is 69.2 Å². The zero-order chi connectivity index (χ0) is 38.1. The largest absolute Gasteiger partial charge is 0.490 e. The van der Waals surface area contributed by atoms with Crippen molar-refractivity contribution in [2.75, 3.05) is 23.7 Å². The van der Waals surface area contributed by atoms with Crippen LogP contribution in [0, 0.1) is 0 Å². The van der Waals surface area contributed by atoms with Gasteiger partial charge in [-0.3, -0.25) is 4.79 Å². The highest BCUT2D eigenvalue weighted by atomic mass is 19.4. The minimum atomic E-state index is -5.08. The number of anilines is 2. The number of aryl methyl sites for hydroxylation is 1. The van der Waals surface area contributed by atoms with Crippen LogP contribution in [0.2, 0.25) is 0 Å². The highest BCUT2D eigenvalue weighted by Crippen LogP contribution is 2.34. The average molecular weight is 738 g/mol. The van der Waals surface area contributed by atoms with Gasteiger partial charge in [-0.1, -0.05) is 61.5 Å². The number of hydrogen-bond donors (Lipinski definition) is 6. The van der Waals surface area contributed by atoms with Crippen LogP contribution in [0.4, 0.5) is 24.9 Å². The molecule has 5 aromatic rings. The van der Waals surface area contributed by atoms with E-state index in [4.69, 9.17) is 19.9 Å². The standard InChI is InChI=1S/C34H41N9O3.C2HF3O2/c1-3-28(44)39-26-18-27(31(46)30(26)45)43-21-38-29-32(35-16-14-23-12-8-9-13-25(23)22-10-6-5-7-11-22)40-34(41-33(29)43)36-17-15-24-19-42(4-2)20-37-24;3-2(4,5)1(6)7/h5-13,19-21,26-27,30-31,45-46H,3-4,14-18H2,1-2H3,(H,39,44)(H2,35,36,40,41);(H,6,7)/t26-,27+,30+,31-;/m0./s1. The molecule has 2 aromatic carbocycles. The number of rotatable bonds is 13. The number of aliphatic hydroxyl groups excluding tert-OH is 2. The Labute approximate surface area is 303 Å². The van der Waals surface area contributed by atoms with Crippen molar-refractivity contribution in [1.29, 1.82) is 0 Å². The summed E-state index contributed by atoms with van der Waals surface area (Å²) in [6.45, 7) is 5.86. The highest BCUT2D eigenvalue weighted by molar-refractivity contribution is 5.84. The molecule has 1 amide bonds. The Bertz CT molecular complexity index is 1990. The van der Waals surface area contributed by atoms with Crippen LogP contribution in [-0.2, 0) is 29.0 Å². The Kier molecular flexibility index (Phi) is 12.6. The first-order valence-electron chi connectivity index (χ1n) is 17.2. The number of carbonyl (C=O) groups is 2. The summed E-state index contributed by atoms with van der Waals surface area (Å²) < 4.78 is 35.6. The number of carbonyl (C=O) groups excluding carboxylic acids is 1. The SMILES string of the molecule is CCC(=O)N[C@H]1C[C@@H](n2cnc3c(NCCc4ccccc4-c4ccccc4)nc(NCCc4cn(CC)cn4)nc32)[C@H](O)[C@@H]1O.O=C(O)C(F)(F)F. The predicted octanol–water partition coefficient (Wildman–Crippen LogP) is 4.21. The minimum Gasteiger partial charge on any atom is -0.475 e. The number of nitrogens with one attached hydrogen (secondary N) is 3. The van der Waals surface area contributed by atoms with Gasteiger partial charge in [0.15, 0.2) is 17.0 Å². The number of aromatic nitrogens is 6. The smallest absolute Gasteiger partial charge is 0.475 e. The molecule has 0 radical (unpaired) electrons. The molecule has 0 unspecified atom stereocenters. The van der Waals surface area contributed by atoms with Crippen molar-refractivity contribution in [3.63, 3.8) is 0 Å². The van der Waals surface area contributed by atoms with E-state index in [-0.39, 0.29) is 5.91 Å². The maximum Gasteiger partial charge on any atom is 0.490 e. The summed E-state index contributed by atoms with van der Waals surface area (Å²) in [6, 6.07) is 17.6. The van der Waals surface area contributed by atoms with Crippen LogP contribution in [0.25, 0.3) is 22.3 Å². The average Bonchev–Trinajstić information content (AvgIpc) is 3.86. The molecule has 17 heteroatoms. The molecule has 1 saturated carbocycles. The fraction of sp³-hybridized carbons (Fsp3) is 0.389. The third kappa shape index (κ3) is 9.66. The normalized spacial score (nSPS) is 18.3. The Hall–Kier alpha value is -5.55. The van der Waals surface area contributed by atoms with Gasteiger partial charge in [0, 0.05) is 38.7 Å². The fourth-order valence-electron chi connectivity index (χ4n) is 6.06. The van der Waals surface area contributed by atoms with Crippen molar-refractivity contribution in [2.24, 2.45) is 0 Å². The maximum atomic E-state index is 12.1. The molecule has 0 aliphatic heterocycles. The van der Waals surface area contributed by atoms with Gasteiger partial charge in [-0.2, -0.15) is 23.1 Å². The van der Waals surface area contributed by atoms with E-state index in [0.717, 1.165) is 18.7 Å². The number of halogens is 3. The summed E-state index contributed by atoms with van der Waals surface area (Å²) in [4.78, 5) is 39.7. The van der Waals surface area contributed by atoms with E-state index in [1.165, 1.54) is 16.7 Å². The maximum absolute atomic E-state index is 12.1. The molecule has 3 heterocycles. The minimum absolute atomic E-state index is 0.176. The van der Waals surface area contributed by atoms with Gasteiger partial charge in [0.1, 0.15) is 12.2 Å². The van der Waals surface area contributed by atoms with Crippen molar-refractivity contribution in [3.05, 3.63) is 84.7 Å². The van der Waals surface area contributed by atoms with Crippen LogP contribution >= 0.6 is 0 Å². The molecule has 1 fully saturated rings. The molecular formula is C36H42F3N9O5. The lowest BCUT2D eigenvalue weighted by Gasteiger charge is -2.19. The van der Waals surface area contributed by atoms with E-state index in [1.807, 2.05) is 35.3 Å². The Balaban J connectivity index is 0.000000705.